The molecule has 0 atom stereocenters. The van der Waals surface area contributed by atoms with Crippen LogP contribution in [-0.4, -0.2) is 0 Å². The minimum atomic E-state index is -0.804. The molecule has 0 saturated heterocycles. The molecule has 0 heterocycles. The third-order valence-electron chi connectivity index (χ3n) is 2.67. The van der Waals surface area contributed by atoms with Gasteiger partial charge in [-0.2, -0.15) is 0 Å². The van der Waals surface area contributed by atoms with Crippen LogP contribution in [0.3, 0.4) is 0 Å². The summed E-state index contributed by atoms with van der Waals surface area (Å²) in [4.78, 5) is 0.991. The second-order valence-corrected chi connectivity index (χ2v) is 5.07. The van der Waals surface area contributed by atoms with Crippen molar-refractivity contribution < 1.29 is 8.78 Å². The van der Waals surface area contributed by atoms with Gasteiger partial charge in [0, 0.05) is 21.9 Å². The molecule has 0 aliphatic rings. The van der Waals surface area contributed by atoms with Crippen molar-refractivity contribution in [2.75, 3.05) is 5.73 Å². The van der Waals surface area contributed by atoms with Gasteiger partial charge in [0.05, 0.1) is 0 Å². The van der Waals surface area contributed by atoms with Crippen molar-refractivity contribution in [1.29, 1.82) is 0 Å². The van der Waals surface area contributed by atoms with E-state index < -0.39 is 11.6 Å². The fourth-order valence-electron chi connectivity index (χ4n) is 1.56. The summed E-state index contributed by atoms with van der Waals surface area (Å²) in [5, 5.41) is 0. The van der Waals surface area contributed by atoms with E-state index >= 15 is 0 Å². The topological polar surface area (TPSA) is 26.0 Å². The number of hydrogen-bond donors (Lipinski definition) is 1. The molecule has 18 heavy (non-hydrogen) atoms. The summed E-state index contributed by atoms with van der Waals surface area (Å²) in [7, 11) is 0. The Morgan fingerprint density at radius 3 is 2.67 bits per heavy atom. The number of nitrogens with two attached hydrogens (primary N) is 1. The van der Waals surface area contributed by atoms with Gasteiger partial charge in [0.15, 0.2) is 11.6 Å². The van der Waals surface area contributed by atoms with Crippen molar-refractivity contribution in [2.24, 2.45) is 0 Å². The molecular formula is C14H13F2NS. The molecule has 0 aromatic heterocycles. The van der Waals surface area contributed by atoms with Crippen LogP contribution in [0.1, 0.15) is 11.1 Å². The number of hydrogen-bond acceptors (Lipinski definition) is 2. The summed E-state index contributed by atoms with van der Waals surface area (Å²) < 4.78 is 26.5. The van der Waals surface area contributed by atoms with E-state index in [-0.39, 0.29) is 0 Å². The lowest BCUT2D eigenvalue weighted by Crippen LogP contribution is -1.92. The maximum Gasteiger partial charge on any atom is 0.162 e. The molecular weight excluding hydrogens is 252 g/mol. The van der Waals surface area contributed by atoms with Gasteiger partial charge in [-0.15, -0.1) is 11.8 Å². The van der Waals surface area contributed by atoms with E-state index in [2.05, 4.69) is 0 Å². The van der Waals surface area contributed by atoms with E-state index in [1.807, 2.05) is 25.1 Å². The predicted molar refractivity (Wildman–Crippen MR) is 71.5 cm³/mol. The quantitative estimate of drug-likeness (QED) is 0.666. The Balaban J connectivity index is 2.11. The van der Waals surface area contributed by atoms with E-state index in [0.29, 0.717) is 11.3 Å². The average molecular weight is 265 g/mol. The Kier molecular flexibility index (Phi) is 3.87. The third kappa shape index (κ3) is 2.82. The van der Waals surface area contributed by atoms with Crippen molar-refractivity contribution in [1.82, 2.24) is 0 Å². The summed E-state index contributed by atoms with van der Waals surface area (Å²) >= 11 is 1.46. The Hall–Kier alpha value is -1.55. The van der Waals surface area contributed by atoms with Crippen molar-refractivity contribution in [3.05, 3.63) is 59.2 Å². The summed E-state index contributed by atoms with van der Waals surface area (Å²) in [6, 6.07) is 9.87. The Bertz CT molecular complexity index is 570. The van der Waals surface area contributed by atoms with Crippen molar-refractivity contribution in [2.45, 2.75) is 17.6 Å². The highest BCUT2D eigenvalue weighted by atomic mass is 32.2. The monoisotopic (exact) mass is 265 g/mol. The van der Waals surface area contributed by atoms with Crippen LogP contribution < -0.4 is 5.73 Å². The van der Waals surface area contributed by atoms with Gasteiger partial charge in [-0.3, -0.25) is 0 Å². The van der Waals surface area contributed by atoms with Crippen molar-refractivity contribution in [3.8, 4) is 0 Å². The maximum absolute atomic E-state index is 13.4. The van der Waals surface area contributed by atoms with Crippen LogP contribution in [0.4, 0.5) is 14.5 Å². The molecule has 2 N–H and O–H groups in total. The van der Waals surface area contributed by atoms with Gasteiger partial charge in [0.25, 0.3) is 0 Å². The average Bonchev–Trinajstić information content (AvgIpc) is 2.35. The maximum atomic E-state index is 13.4. The first-order valence-electron chi connectivity index (χ1n) is 5.50. The number of benzene rings is 2. The minimum Gasteiger partial charge on any atom is -0.399 e. The second-order valence-electron chi connectivity index (χ2n) is 4.02. The first kappa shape index (κ1) is 12.9. The van der Waals surface area contributed by atoms with Crippen LogP contribution in [-0.2, 0) is 5.75 Å². The molecule has 0 fully saturated rings. The van der Waals surface area contributed by atoms with E-state index in [4.69, 9.17) is 5.73 Å². The lowest BCUT2D eigenvalue weighted by Gasteiger charge is -2.06. The van der Waals surface area contributed by atoms with Gasteiger partial charge in [-0.25, -0.2) is 8.78 Å². The first-order valence-corrected chi connectivity index (χ1v) is 6.48. The number of nitrogen functional groups attached to an aromatic ring is 1. The molecule has 4 heteroatoms. The third-order valence-corrected chi connectivity index (χ3v) is 3.71. The highest BCUT2D eigenvalue weighted by Crippen LogP contribution is 2.27. The zero-order valence-electron chi connectivity index (χ0n) is 9.91. The number of aryl methyl sites for hydroxylation is 1. The van der Waals surface area contributed by atoms with E-state index in [1.54, 1.807) is 6.07 Å². The zero-order chi connectivity index (χ0) is 13.1. The molecule has 0 aliphatic heterocycles. The molecule has 0 radical (unpaired) electrons. The SMILES string of the molecule is Cc1cc(SCc2cccc(F)c2F)ccc1N. The molecule has 0 unspecified atom stereocenters. The number of anilines is 1. The summed E-state index contributed by atoms with van der Waals surface area (Å²) in [6.45, 7) is 1.92. The van der Waals surface area contributed by atoms with Crippen LogP contribution in [0.25, 0.3) is 0 Å². The summed E-state index contributed by atoms with van der Waals surface area (Å²) in [5.74, 6) is -1.17. The van der Waals surface area contributed by atoms with Gasteiger partial charge < -0.3 is 5.73 Å². The first-order chi connectivity index (χ1) is 8.58. The van der Waals surface area contributed by atoms with Gasteiger partial charge >= 0.3 is 0 Å². The van der Waals surface area contributed by atoms with Crippen LogP contribution in [0.2, 0.25) is 0 Å². The molecule has 1 nitrogen and oxygen atoms in total. The van der Waals surface area contributed by atoms with Gasteiger partial charge in [0.1, 0.15) is 0 Å². The molecule has 0 spiro atoms. The molecule has 0 bridgehead atoms. The van der Waals surface area contributed by atoms with Crippen LogP contribution >= 0.6 is 11.8 Å². The standard InChI is InChI=1S/C14H13F2NS/c1-9-7-11(5-6-13(9)17)18-8-10-3-2-4-12(15)14(10)16/h2-7H,8,17H2,1H3. The molecule has 0 amide bonds. The van der Waals surface area contributed by atoms with Crippen LogP contribution in [0.5, 0.6) is 0 Å². The summed E-state index contributed by atoms with van der Waals surface area (Å²) in [6.07, 6.45) is 0. The van der Waals surface area contributed by atoms with Gasteiger partial charge in [0.2, 0.25) is 0 Å². The van der Waals surface area contributed by atoms with Crippen LogP contribution in [0.15, 0.2) is 41.3 Å². The Morgan fingerprint density at radius 2 is 1.94 bits per heavy atom. The van der Waals surface area contributed by atoms with Gasteiger partial charge in [-0.1, -0.05) is 12.1 Å². The minimum absolute atomic E-state index is 0.370. The highest BCUT2D eigenvalue weighted by Gasteiger charge is 2.08. The molecule has 2 aromatic rings. The largest absolute Gasteiger partial charge is 0.399 e. The molecule has 0 aliphatic carbocycles. The molecule has 0 saturated carbocycles. The smallest absolute Gasteiger partial charge is 0.162 e. The zero-order valence-corrected chi connectivity index (χ0v) is 10.7. The fourth-order valence-corrected chi connectivity index (χ4v) is 2.53. The lowest BCUT2D eigenvalue weighted by molar-refractivity contribution is 0.502. The normalized spacial score (nSPS) is 10.6. The van der Waals surface area contributed by atoms with Crippen molar-refractivity contribution >= 4 is 17.4 Å². The van der Waals surface area contributed by atoms with Crippen LogP contribution in [0, 0.1) is 18.6 Å². The van der Waals surface area contributed by atoms with E-state index in [9.17, 15) is 8.78 Å². The summed E-state index contributed by atoms with van der Waals surface area (Å²) in [5.41, 5.74) is 7.81. The second kappa shape index (κ2) is 5.40. The number of halogens is 2. The lowest BCUT2D eigenvalue weighted by atomic mass is 10.2. The van der Waals surface area contributed by atoms with E-state index in [1.165, 1.54) is 17.8 Å². The molecule has 2 rings (SSSR count). The number of rotatable bonds is 3. The van der Waals surface area contributed by atoms with Crippen molar-refractivity contribution in [3.63, 3.8) is 0 Å². The number of thioether (sulfide) groups is 1. The highest BCUT2D eigenvalue weighted by molar-refractivity contribution is 7.98. The molecule has 2 aromatic carbocycles. The molecule has 94 valence electrons. The van der Waals surface area contributed by atoms with E-state index in [0.717, 1.165) is 22.2 Å². The fraction of sp³-hybridized carbons (Fsp3) is 0.143. The Labute approximate surface area is 109 Å². The Morgan fingerprint density at radius 1 is 1.17 bits per heavy atom. The van der Waals surface area contributed by atoms with Gasteiger partial charge in [-0.05, 0) is 36.8 Å². The predicted octanol–water partition coefficient (Wildman–Crippen LogP) is 4.15.